The van der Waals surface area contributed by atoms with Gasteiger partial charge in [0.25, 0.3) is 0 Å². The van der Waals surface area contributed by atoms with Crippen LogP contribution in [0, 0.1) is 35.6 Å². The second-order valence-corrected chi connectivity index (χ2v) is 0. The van der Waals surface area contributed by atoms with Crippen LogP contribution in [-0.2, 0) is 0 Å². The summed E-state index contributed by atoms with van der Waals surface area (Å²) in [6.07, 6.45) is 0. The SMILES string of the molecule is [Cl-].[Cl-].[Cl-].[Cl-].[Cs+].[La+3]. The van der Waals surface area contributed by atoms with E-state index in [9.17, 15) is 0 Å². The first-order chi connectivity index (χ1) is 0. The van der Waals surface area contributed by atoms with Crippen molar-refractivity contribution < 1.29 is 154 Å². The van der Waals surface area contributed by atoms with E-state index in [1.165, 1.54) is 0 Å². The molecule has 0 unspecified atom stereocenters. The van der Waals surface area contributed by atoms with E-state index in [1.807, 2.05) is 0 Å². The quantitative estimate of drug-likeness (QED) is 0.370. The molecule has 0 nitrogen and oxygen atoms in total. The molecule has 0 bridgehead atoms. The number of rotatable bonds is 0. The summed E-state index contributed by atoms with van der Waals surface area (Å²) in [7, 11) is 0. The zero-order valence-electron chi connectivity index (χ0n) is 3.09. The van der Waals surface area contributed by atoms with Crippen molar-refractivity contribution in [2.75, 3.05) is 0 Å². The van der Waals surface area contributed by atoms with E-state index in [2.05, 4.69) is 0 Å². The predicted molar refractivity (Wildman–Crippen MR) is 0 cm³/mol. The summed E-state index contributed by atoms with van der Waals surface area (Å²) in [5, 5.41) is 0. The van der Waals surface area contributed by atoms with Gasteiger partial charge in [0.2, 0.25) is 0 Å². The normalized spacial score (nSPS) is 0. The largest absolute Gasteiger partial charge is 3.00 e. The van der Waals surface area contributed by atoms with Crippen molar-refractivity contribution in [3.8, 4) is 0 Å². The Morgan fingerprint density at radius 3 is 0.500 bits per heavy atom. The molecule has 0 amide bonds. The van der Waals surface area contributed by atoms with E-state index in [-0.39, 0.29) is 154 Å². The van der Waals surface area contributed by atoms with Gasteiger partial charge in [0.05, 0.1) is 0 Å². The topological polar surface area (TPSA) is 0 Å². The van der Waals surface area contributed by atoms with Crippen LogP contribution in [0.4, 0.5) is 0 Å². The molecule has 0 saturated heterocycles. The Bertz CT molecular complexity index is 7.51. The molecule has 32 valence electrons. The summed E-state index contributed by atoms with van der Waals surface area (Å²) < 4.78 is 0. The van der Waals surface area contributed by atoms with Crippen molar-refractivity contribution in [1.82, 2.24) is 0 Å². The Morgan fingerprint density at radius 2 is 0.500 bits per heavy atom. The van der Waals surface area contributed by atoms with Crippen LogP contribution < -0.4 is 119 Å². The summed E-state index contributed by atoms with van der Waals surface area (Å²) in [5.41, 5.74) is 0. The third-order valence-corrected chi connectivity index (χ3v) is 0. The van der Waals surface area contributed by atoms with Gasteiger partial charge in [-0.05, 0) is 0 Å². The first kappa shape index (κ1) is 47.4. The van der Waals surface area contributed by atoms with Crippen LogP contribution in [-0.4, -0.2) is 0 Å². The minimum Gasteiger partial charge on any atom is -1.00 e. The van der Waals surface area contributed by atoms with E-state index in [4.69, 9.17) is 0 Å². The van der Waals surface area contributed by atoms with Crippen molar-refractivity contribution in [3.05, 3.63) is 0 Å². The number of halogens is 4. The summed E-state index contributed by atoms with van der Waals surface area (Å²) in [6.45, 7) is 0. The molecule has 0 atom stereocenters. The molecule has 0 N–H and O–H groups in total. The van der Waals surface area contributed by atoms with Gasteiger partial charge in [-0.1, -0.05) is 0 Å². The fourth-order valence-corrected chi connectivity index (χ4v) is 0. The zero-order chi connectivity index (χ0) is 0. The fourth-order valence-electron chi connectivity index (χ4n) is 0. The van der Waals surface area contributed by atoms with Crippen molar-refractivity contribution in [2.45, 2.75) is 0 Å². The van der Waals surface area contributed by atoms with Gasteiger partial charge < -0.3 is 49.6 Å². The van der Waals surface area contributed by atoms with Crippen LogP contribution in [0.15, 0.2) is 0 Å². The van der Waals surface area contributed by atoms with Crippen LogP contribution in [0.3, 0.4) is 0 Å². The van der Waals surface area contributed by atoms with E-state index in [0.29, 0.717) is 0 Å². The zero-order valence-corrected chi connectivity index (χ0v) is 16.0. The maximum Gasteiger partial charge on any atom is 3.00 e. The molecule has 0 aromatic carbocycles. The summed E-state index contributed by atoms with van der Waals surface area (Å²) in [6, 6.07) is 0. The Hall–Kier alpha value is 4.41. The molecular formula is Cl4CsLa. The molecule has 0 rings (SSSR count). The Labute approximate surface area is 149 Å². The standard InChI is InChI=1S/4ClH.Cs.La/h4*1H;;/q;;;;+1;+3/p-4. The molecule has 0 heterocycles. The van der Waals surface area contributed by atoms with Crippen LogP contribution >= 0.6 is 0 Å². The third kappa shape index (κ3) is 23.7. The summed E-state index contributed by atoms with van der Waals surface area (Å²) in [4.78, 5) is 0. The minimum absolute atomic E-state index is 0. The number of hydrogen-bond donors (Lipinski definition) is 0. The van der Waals surface area contributed by atoms with Gasteiger partial charge in [0.15, 0.2) is 0 Å². The molecule has 0 radical (unpaired) electrons. The van der Waals surface area contributed by atoms with E-state index in [0.717, 1.165) is 0 Å². The van der Waals surface area contributed by atoms with Crippen LogP contribution in [0.25, 0.3) is 0 Å². The molecule has 6 heavy (non-hydrogen) atoms. The molecule has 0 saturated carbocycles. The van der Waals surface area contributed by atoms with Gasteiger partial charge in [0, 0.05) is 0 Å². The molecule has 0 aliphatic heterocycles. The predicted octanol–water partition coefficient (Wildman–Crippen LogP) is -15.0. The first-order valence-corrected chi connectivity index (χ1v) is 0. The van der Waals surface area contributed by atoms with Crippen molar-refractivity contribution >= 4 is 0 Å². The van der Waals surface area contributed by atoms with Crippen LogP contribution in [0.2, 0.25) is 0 Å². The molecule has 0 aliphatic rings. The first-order valence-electron chi connectivity index (χ1n) is 0. The van der Waals surface area contributed by atoms with Crippen LogP contribution in [0.1, 0.15) is 0 Å². The summed E-state index contributed by atoms with van der Waals surface area (Å²) in [5.74, 6) is 0. The third-order valence-electron chi connectivity index (χ3n) is 0. The average molecular weight is 414 g/mol. The minimum atomic E-state index is 0. The fraction of sp³-hybridized carbons (Fsp3) is 0. The van der Waals surface area contributed by atoms with Gasteiger partial charge in [-0.15, -0.1) is 0 Å². The van der Waals surface area contributed by atoms with Gasteiger partial charge in [0.1, 0.15) is 0 Å². The molecule has 0 aromatic rings. The van der Waals surface area contributed by atoms with Crippen molar-refractivity contribution in [3.63, 3.8) is 0 Å². The van der Waals surface area contributed by atoms with Gasteiger partial charge >= 0.3 is 104 Å². The van der Waals surface area contributed by atoms with E-state index < -0.39 is 0 Å². The average Bonchev–Trinajstić information content (AvgIpc) is 0. The Balaban J connectivity index is 0. The van der Waals surface area contributed by atoms with Gasteiger partial charge in [-0.3, -0.25) is 0 Å². The molecule has 0 fully saturated rings. The Morgan fingerprint density at radius 1 is 0.500 bits per heavy atom. The molecular weight excluding hydrogens is 414 g/mol. The molecule has 6 heteroatoms. The molecule has 0 spiro atoms. The molecule has 0 aromatic heterocycles. The monoisotopic (exact) mass is 412 g/mol. The maximum atomic E-state index is 0. The second-order valence-electron chi connectivity index (χ2n) is 0. The van der Waals surface area contributed by atoms with Crippen LogP contribution in [0.5, 0.6) is 0 Å². The smallest absolute Gasteiger partial charge is 1.00 e. The van der Waals surface area contributed by atoms with Gasteiger partial charge in [-0.25, -0.2) is 0 Å². The van der Waals surface area contributed by atoms with E-state index in [1.54, 1.807) is 0 Å². The number of hydrogen-bond acceptors (Lipinski definition) is 0. The van der Waals surface area contributed by atoms with E-state index >= 15 is 0 Å². The summed E-state index contributed by atoms with van der Waals surface area (Å²) >= 11 is 0. The van der Waals surface area contributed by atoms with Crippen molar-refractivity contribution in [2.24, 2.45) is 0 Å². The second kappa shape index (κ2) is 34.2. The van der Waals surface area contributed by atoms with Crippen molar-refractivity contribution in [1.29, 1.82) is 0 Å². The molecule has 0 aliphatic carbocycles. The Kier molecular flexibility index (Phi) is 271. The van der Waals surface area contributed by atoms with Gasteiger partial charge in [-0.2, -0.15) is 0 Å². The maximum absolute atomic E-state index is 0.